The van der Waals surface area contributed by atoms with Gasteiger partial charge in [0.2, 0.25) is 0 Å². The van der Waals surface area contributed by atoms with Gasteiger partial charge in [0.05, 0.1) is 0 Å². The minimum absolute atomic E-state index is 0.676. The van der Waals surface area contributed by atoms with Crippen molar-refractivity contribution in [3.05, 3.63) is 0 Å². The molecular weight excluding hydrogens is 196 g/mol. The average molecular weight is 220 g/mol. The van der Waals surface area contributed by atoms with E-state index in [4.69, 9.17) is 8.85 Å². The molecular formula is C9H24O2Si2. The Morgan fingerprint density at radius 2 is 1.23 bits per heavy atom. The van der Waals surface area contributed by atoms with Crippen LogP contribution in [-0.2, 0) is 8.85 Å². The van der Waals surface area contributed by atoms with Crippen molar-refractivity contribution < 1.29 is 8.85 Å². The van der Waals surface area contributed by atoms with Gasteiger partial charge < -0.3 is 8.85 Å². The second kappa shape index (κ2) is 4.73. The molecule has 0 saturated carbocycles. The van der Waals surface area contributed by atoms with Gasteiger partial charge in [-0.15, -0.1) is 0 Å². The molecule has 0 rings (SSSR count). The number of rotatable bonds is 5. The van der Waals surface area contributed by atoms with Crippen molar-refractivity contribution in [2.45, 2.75) is 44.7 Å². The quantitative estimate of drug-likeness (QED) is 0.663. The van der Waals surface area contributed by atoms with Crippen LogP contribution >= 0.6 is 0 Å². The Bertz CT molecular complexity index is 142. The van der Waals surface area contributed by atoms with Crippen LogP contribution in [0.3, 0.4) is 0 Å². The summed E-state index contributed by atoms with van der Waals surface area (Å²) >= 11 is 0. The highest BCUT2D eigenvalue weighted by molar-refractivity contribution is 6.91. The Hall–Kier alpha value is 0.354. The lowest BCUT2D eigenvalue weighted by Crippen LogP contribution is -2.50. The topological polar surface area (TPSA) is 18.5 Å². The minimum atomic E-state index is -1.53. The van der Waals surface area contributed by atoms with Crippen molar-refractivity contribution in [3.8, 4) is 0 Å². The predicted molar refractivity (Wildman–Crippen MR) is 63.0 cm³/mol. The number of hydrogen-bond acceptors (Lipinski definition) is 2. The summed E-state index contributed by atoms with van der Waals surface area (Å²) in [6, 6.07) is 0. The van der Waals surface area contributed by atoms with Gasteiger partial charge in [0.1, 0.15) is 0 Å². The summed E-state index contributed by atoms with van der Waals surface area (Å²) in [5.74, 6) is 0. The van der Waals surface area contributed by atoms with Crippen LogP contribution in [0, 0.1) is 0 Å². The maximum atomic E-state index is 5.67. The summed E-state index contributed by atoms with van der Waals surface area (Å²) in [6.07, 6.45) is 1.18. The fourth-order valence-corrected chi connectivity index (χ4v) is 12.0. The smallest absolute Gasteiger partial charge is 0.188 e. The van der Waals surface area contributed by atoms with Gasteiger partial charge in [0, 0.05) is 14.2 Å². The molecule has 4 heteroatoms. The fraction of sp³-hybridized carbons (Fsp3) is 1.00. The molecule has 0 aromatic rings. The molecule has 80 valence electrons. The lowest BCUT2D eigenvalue weighted by molar-refractivity contribution is 0.369. The third kappa shape index (κ3) is 3.20. The van der Waals surface area contributed by atoms with Gasteiger partial charge in [-0.1, -0.05) is 13.3 Å². The second-order valence-electron chi connectivity index (χ2n) is 4.58. The van der Waals surface area contributed by atoms with Crippen molar-refractivity contribution in [3.63, 3.8) is 0 Å². The largest absolute Gasteiger partial charge is 0.420 e. The van der Waals surface area contributed by atoms with E-state index in [1.165, 1.54) is 6.42 Å². The Kier molecular flexibility index (Phi) is 4.86. The van der Waals surface area contributed by atoms with E-state index < -0.39 is 16.6 Å². The molecule has 0 fully saturated rings. The molecule has 2 nitrogen and oxygen atoms in total. The van der Waals surface area contributed by atoms with Crippen LogP contribution in [0.5, 0.6) is 0 Å². The Morgan fingerprint density at radius 1 is 0.923 bits per heavy atom. The first-order chi connectivity index (χ1) is 5.81. The van der Waals surface area contributed by atoms with Crippen LogP contribution in [0.2, 0.25) is 31.4 Å². The van der Waals surface area contributed by atoms with E-state index in [-0.39, 0.29) is 0 Å². The maximum Gasteiger partial charge on any atom is 0.188 e. The lowest BCUT2D eigenvalue weighted by Gasteiger charge is -2.39. The van der Waals surface area contributed by atoms with Gasteiger partial charge in [-0.2, -0.15) is 0 Å². The molecule has 0 atom stereocenters. The van der Waals surface area contributed by atoms with Crippen molar-refractivity contribution in [2.75, 3.05) is 14.2 Å². The van der Waals surface area contributed by atoms with E-state index in [2.05, 4.69) is 33.1 Å². The SMILES string of the molecule is CCC([Si](C)(C)OC)[Si](C)(C)OC. The molecule has 0 bridgehead atoms. The third-order valence-electron chi connectivity index (χ3n) is 3.14. The average Bonchev–Trinajstić information content (AvgIpc) is 2.05. The molecule has 0 aromatic carbocycles. The highest BCUT2D eigenvalue weighted by atomic mass is 28.4. The van der Waals surface area contributed by atoms with Crippen molar-refractivity contribution >= 4 is 16.6 Å². The summed E-state index contributed by atoms with van der Waals surface area (Å²) in [7, 11) is 0.632. The first-order valence-electron chi connectivity index (χ1n) is 4.92. The van der Waals surface area contributed by atoms with Crippen LogP contribution in [0.15, 0.2) is 0 Å². The molecule has 0 aliphatic rings. The Morgan fingerprint density at radius 3 is 1.38 bits per heavy atom. The van der Waals surface area contributed by atoms with Gasteiger partial charge in [-0.3, -0.25) is 0 Å². The van der Waals surface area contributed by atoms with E-state index in [1.54, 1.807) is 0 Å². The molecule has 0 unspecified atom stereocenters. The Balaban J connectivity index is 4.69. The Labute approximate surface area is 84.9 Å². The van der Waals surface area contributed by atoms with E-state index >= 15 is 0 Å². The van der Waals surface area contributed by atoms with E-state index in [0.717, 1.165) is 0 Å². The summed E-state index contributed by atoms with van der Waals surface area (Å²) < 4.78 is 11.3. The summed E-state index contributed by atoms with van der Waals surface area (Å²) in [5.41, 5.74) is 0. The second-order valence-corrected chi connectivity index (χ2v) is 13.8. The van der Waals surface area contributed by atoms with Crippen LogP contribution in [0.4, 0.5) is 0 Å². The van der Waals surface area contributed by atoms with Gasteiger partial charge in [0.25, 0.3) is 0 Å². The molecule has 13 heavy (non-hydrogen) atoms. The third-order valence-corrected chi connectivity index (χ3v) is 13.6. The lowest BCUT2D eigenvalue weighted by atomic mass is 10.6. The monoisotopic (exact) mass is 220 g/mol. The first kappa shape index (κ1) is 13.4. The van der Waals surface area contributed by atoms with Crippen molar-refractivity contribution in [1.29, 1.82) is 0 Å². The standard InChI is InChI=1S/C9H24O2Si2/c1-8-9(12(4,5)10-2)13(6,7)11-3/h9H,8H2,1-7H3. The molecule has 0 N–H and O–H groups in total. The molecule has 0 spiro atoms. The molecule has 0 aliphatic heterocycles. The fourth-order valence-electron chi connectivity index (χ4n) is 2.10. The van der Waals surface area contributed by atoms with Gasteiger partial charge >= 0.3 is 0 Å². The maximum absolute atomic E-state index is 5.67. The summed E-state index contributed by atoms with van der Waals surface area (Å²) in [5, 5.41) is 0.676. The van der Waals surface area contributed by atoms with E-state index in [1.807, 2.05) is 14.2 Å². The minimum Gasteiger partial charge on any atom is -0.420 e. The van der Waals surface area contributed by atoms with Crippen molar-refractivity contribution in [2.24, 2.45) is 0 Å². The molecule has 0 heterocycles. The van der Waals surface area contributed by atoms with Gasteiger partial charge in [-0.25, -0.2) is 0 Å². The molecule has 0 saturated heterocycles. The van der Waals surface area contributed by atoms with Gasteiger partial charge in [0.15, 0.2) is 16.6 Å². The van der Waals surface area contributed by atoms with Gasteiger partial charge in [-0.05, 0) is 31.4 Å². The van der Waals surface area contributed by atoms with E-state index in [9.17, 15) is 0 Å². The molecule has 0 radical (unpaired) electrons. The van der Waals surface area contributed by atoms with Crippen LogP contribution in [0.1, 0.15) is 13.3 Å². The summed E-state index contributed by atoms with van der Waals surface area (Å²) in [6.45, 7) is 11.4. The molecule has 0 aliphatic carbocycles. The van der Waals surface area contributed by atoms with Crippen LogP contribution < -0.4 is 0 Å². The van der Waals surface area contributed by atoms with Crippen LogP contribution in [0.25, 0.3) is 0 Å². The first-order valence-corrected chi connectivity index (χ1v) is 10.9. The highest BCUT2D eigenvalue weighted by Crippen LogP contribution is 2.35. The zero-order valence-corrected chi connectivity index (χ0v) is 12.1. The summed E-state index contributed by atoms with van der Waals surface area (Å²) in [4.78, 5) is 0. The normalized spacial score (nSPS) is 13.8. The zero-order chi connectivity index (χ0) is 10.7. The highest BCUT2D eigenvalue weighted by Gasteiger charge is 2.44. The molecule has 0 aromatic heterocycles. The number of hydrogen-bond donors (Lipinski definition) is 0. The molecule has 0 amide bonds. The van der Waals surface area contributed by atoms with Crippen molar-refractivity contribution in [1.82, 2.24) is 0 Å². The predicted octanol–water partition coefficient (Wildman–Crippen LogP) is 3.01. The zero-order valence-electron chi connectivity index (χ0n) is 10.1. The van der Waals surface area contributed by atoms with E-state index in [0.29, 0.717) is 5.16 Å². The van der Waals surface area contributed by atoms with Crippen LogP contribution in [-0.4, -0.2) is 30.9 Å².